The van der Waals surface area contributed by atoms with Crippen LogP contribution >= 0.6 is 12.6 Å². The van der Waals surface area contributed by atoms with Crippen molar-refractivity contribution in [3.8, 4) is 16.9 Å². The van der Waals surface area contributed by atoms with Crippen LogP contribution in [0.5, 0.6) is 5.75 Å². The molecule has 0 aromatic heterocycles. The second kappa shape index (κ2) is 8.01. The summed E-state index contributed by atoms with van der Waals surface area (Å²) < 4.78 is 5.85. The Balaban J connectivity index is 1.95. The minimum absolute atomic E-state index is 0.539. The quantitative estimate of drug-likeness (QED) is 0.698. The molecule has 20 heavy (non-hydrogen) atoms. The van der Waals surface area contributed by atoms with Crippen LogP contribution in [0.2, 0.25) is 0 Å². The van der Waals surface area contributed by atoms with Crippen LogP contribution in [0.4, 0.5) is 0 Å². The maximum atomic E-state index is 5.85. The molecule has 0 bridgehead atoms. The van der Waals surface area contributed by atoms with Gasteiger partial charge in [0.25, 0.3) is 0 Å². The normalized spacial score (nSPS) is 12.1. The minimum atomic E-state index is 0.539. The van der Waals surface area contributed by atoms with Gasteiger partial charge in [0.05, 0.1) is 6.61 Å². The molecule has 2 aromatic carbocycles. The van der Waals surface area contributed by atoms with Crippen LogP contribution in [-0.2, 0) is 0 Å². The summed E-state index contributed by atoms with van der Waals surface area (Å²) >= 11 is 4.38. The third-order valence-corrected chi connectivity index (χ3v) is 3.92. The zero-order chi connectivity index (χ0) is 14.2. The van der Waals surface area contributed by atoms with Crippen molar-refractivity contribution in [3.63, 3.8) is 0 Å². The molecular formula is C18H22OS. The number of hydrogen-bond acceptors (Lipinski definition) is 2. The van der Waals surface area contributed by atoms with Crippen molar-refractivity contribution in [3.05, 3.63) is 54.6 Å². The van der Waals surface area contributed by atoms with Crippen molar-refractivity contribution < 1.29 is 4.74 Å². The number of ether oxygens (including phenoxy) is 1. The molecular weight excluding hydrogens is 264 g/mol. The fourth-order valence-electron chi connectivity index (χ4n) is 2.22. The van der Waals surface area contributed by atoms with E-state index < -0.39 is 0 Å². The second-order valence-corrected chi connectivity index (χ2v) is 5.40. The van der Waals surface area contributed by atoms with Crippen LogP contribution in [0.1, 0.15) is 19.8 Å². The topological polar surface area (TPSA) is 9.23 Å². The van der Waals surface area contributed by atoms with Gasteiger partial charge in [-0.05, 0) is 35.4 Å². The first-order chi connectivity index (χ1) is 9.83. The Hall–Kier alpha value is -1.41. The van der Waals surface area contributed by atoms with Crippen LogP contribution in [-0.4, -0.2) is 12.4 Å². The molecule has 0 amide bonds. The zero-order valence-electron chi connectivity index (χ0n) is 12.0. The van der Waals surface area contributed by atoms with E-state index in [0.717, 1.165) is 18.1 Å². The lowest BCUT2D eigenvalue weighted by Gasteiger charge is -2.14. The van der Waals surface area contributed by atoms with E-state index in [9.17, 15) is 0 Å². The van der Waals surface area contributed by atoms with Gasteiger partial charge in [0.1, 0.15) is 5.75 Å². The molecule has 106 valence electrons. The van der Waals surface area contributed by atoms with Gasteiger partial charge >= 0.3 is 0 Å². The van der Waals surface area contributed by atoms with Crippen LogP contribution in [0.3, 0.4) is 0 Å². The summed E-state index contributed by atoms with van der Waals surface area (Å²) in [7, 11) is 0. The lowest BCUT2D eigenvalue weighted by Crippen LogP contribution is -2.13. The third kappa shape index (κ3) is 4.31. The van der Waals surface area contributed by atoms with Crippen LogP contribution < -0.4 is 4.74 Å². The molecule has 2 heteroatoms. The first-order valence-electron chi connectivity index (χ1n) is 7.22. The molecule has 1 nitrogen and oxygen atoms in total. The van der Waals surface area contributed by atoms with E-state index in [-0.39, 0.29) is 0 Å². The summed E-state index contributed by atoms with van der Waals surface area (Å²) in [6.45, 7) is 2.95. The van der Waals surface area contributed by atoms with Crippen LogP contribution in [0.25, 0.3) is 11.1 Å². The van der Waals surface area contributed by atoms with E-state index in [0.29, 0.717) is 5.92 Å². The number of hydrogen-bond donors (Lipinski definition) is 1. The summed E-state index contributed by atoms with van der Waals surface area (Å²) in [6.07, 6.45) is 2.35. The summed E-state index contributed by atoms with van der Waals surface area (Å²) in [5, 5.41) is 0. The smallest absolute Gasteiger partial charge is 0.119 e. The van der Waals surface area contributed by atoms with Gasteiger partial charge in [-0.3, -0.25) is 0 Å². The number of benzene rings is 2. The molecule has 0 spiro atoms. The SMILES string of the molecule is CCCC(CS)COc1ccc(-c2ccccc2)cc1. The highest BCUT2D eigenvalue weighted by Crippen LogP contribution is 2.22. The molecule has 0 aliphatic carbocycles. The largest absolute Gasteiger partial charge is 0.493 e. The average molecular weight is 286 g/mol. The Morgan fingerprint density at radius 3 is 2.20 bits per heavy atom. The van der Waals surface area contributed by atoms with Crippen LogP contribution in [0, 0.1) is 5.92 Å². The summed E-state index contributed by atoms with van der Waals surface area (Å²) in [5.74, 6) is 2.36. The van der Waals surface area contributed by atoms with Gasteiger partial charge in [-0.15, -0.1) is 0 Å². The molecule has 0 N–H and O–H groups in total. The first kappa shape index (κ1) is 15.0. The number of rotatable bonds is 7. The Bertz CT molecular complexity index is 493. The van der Waals surface area contributed by atoms with E-state index in [2.05, 4.69) is 56.0 Å². The molecule has 0 aliphatic rings. The highest BCUT2D eigenvalue weighted by molar-refractivity contribution is 7.80. The Kier molecular flexibility index (Phi) is 6.00. The lowest BCUT2D eigenvalue weighted by molar-refractivity contribution is 0.254. The maximum absolute atomic E-state index is 5.85. The molecule has 1 unspecified atom stereocenters. The molecule has 0 heterocycles. The van der Waals surface area contributed by atoms with Gasteiger partial charge in [0.2, 0.25) is 0 Å². The van der Waals surface area contributed by atoms with E-state index in [1.165, 1.54) is 24.0 Å². The summed E-state index contributed by atoms with van der Waals surface area (Å²) in [6, 6.07) is 18.7. The third-order valence-electron chi connectivity index (χ3n) is 3.40. The van der Waals surface area contributed by atoms with Crippen molar-refractivity contribution in [2.24, 2.45) is 5.92 Å². The van der Waals surface area contributed by atoms with Gasteiger partial charge in [-0.1, -0.05) is 55.8 Å². The van der Waals surface area contributed by atoms with E-state index in [1.54, 1.807) is 0 Å². The molecule has 0 saturated heterocycles. The highest BCUT2D eigenvalue weighted by atomic mass is 32.1. The van der Waals surface area contributed by atoms with Gasteiger partial charge in [0, 0.05) is 5.92 Å². The number of thiol groups is 1. The molecule has 0 saturated carbocycles. The second-order valence-electron chi connectivity index (χ2n) is 5.04. The molecule has 2 rings (SSSR count). The monoisotopic (exact) mass is 286 g/mol. The molecule has 2 aromatic rings. The first-order valence-corrected chi connectivity index (χ1v) is 7.86. The van der Waals surface area contributed by atoms with Crippen molar-refractivity contribution in [1.82, 2.24) is 0 Å². The van der Waals surface area contributed by atoms with E-state index in [1.807, 2.05) is 18.2 Å². The fourth-order valence-corrected chi connectivity index (χ4v) is 2.51. The average Bonchev–Trinajstić information content (AvgIpc) is 2.53. The maximum Gasteiger partial charge on any atom is 0.119 e. The van der Waals surface area contributed by atoms with Crippen molar-refractivity contribution in [2.45, 2.75) is 19.8 Å². The fraction of sp³-hybridized carbons (Fsp3) is 0.333. The van der Waals surface area contributed by atoms with Gasteiger partial charge in [-0.2, -0.15) is 12.6 Å². The standard InChI is InChI=1S/C18H22OS/c1-2-6-15(14-20)13-19-18-11-9-17(10-12-18)16-7-4-3-5-8-16/h3-5,7-12,15,20H,2,6,13-14H2,1H3. The Labute approximate surface area is 127 Å². The van der Waals surface area contributed by atoms with E-state index in [4.69, 9.17) is 4.74 Å². The van der Waals surface area contributed by atoms with Crippen molar-refractivity contribution in [1.29, 1.82) is 0 Å². The molecule has 0 aliphatic heterocycles. The Morgan fingerprint density at radius 1 is 0.950 bits per heavy atom. The lowest BCUT2D eigenvalue weighted by atomic mass is 10.1. The van der Waals surface area contributed by atoms with E-state index >= 15 is 0 Å². The van der Waals surface area contributed by atoms with Crippen molar-refractivity contribution in [2.75, 3.05) is 12.4 Å². The molecule has 1 atom stereocenters. The predicted molar refractivity (Wildman–Crippen MR) is 89.6 cm³/mol. The molecule has 0 radical (unpaired) electrons. The Morgan fingerprint density at radius 2 is 1.60 bits per heavy atom. The zero-order valence-corrected chi connectivity index (χ0v) is 12.9. The minimum Gasteiger partial charge on any atom is -0.493 e. The van der Waals surface area contributed by atoms with Crippen LogP contribution in [0.15, 0.2) is 54.6 Å². The summed E-state index contributed by atoms with van der Waals surface area (Å²) in [5.41, 5.74) is 2.45. The summed E-state index contributed by atoms with van der Waals surface area (Å²) in [4.78, 5) is 0. The van der Waals surface area contributed by atoms with Gasteiger partial charge in [-0.25, -0.2) is 0 Å². The van der Waals surface area contributed by atoms with Gasteiger partial charge < -0.3 is 4.74 Å². The highest BCUT2D eigenvalue weighted by Gasteiger charge is 2.06. The van der Waals surface area contributed by atoms with Gasteiger partial charge in [0.15, 0.2) is 0 Å². The van der Waals surface area contributed by atoms with Crippen molar-refractivity contribution >= 4 is 12.6 Å². The predicted octanol–water partition coefficient (Wildman–Crippen LogP) is 5.08. The molecule has 0 fully saturated rings.